The smallest absolute Gasteiger partial charge is 0.159 e. The Balaban J connectivity index is 1.34. The van der Waals surface area contributed by atoms with Crippen molar-refractivity contribution in [2.24, 2.45) is 17.8 Å². The van der Waals surface area contributed by atoms with E-state index >= 15 is 0 Å². The summed E-state index contributed by atoms with van der Waals surface area (Å²) in [6, 6.07) is 12.6. The molecule has 4 rings (SSSR count). The lowest BCUT2D eigenvalue weighted by Gasteiger charge is -2.37. The highest BCUT2D eigenvalue weighted by Gasteiger charge is 2.30. The Morgan fingerprint density at radius 3 is 1.82 bits per heavy atom. The minimum absolute atomic E-state index is 0.639. The van der Waals surface area contributed by atoms with Crippen LogP contribution in [0.2, 0.25) is 0 Å². The van der Waals surface area contributed by atoms with Crippen LogP contribution in [0.5, 0.6) is 0 Å². The van der Waals surface area contributed by atoms with Crippen LogP contribution in [-0.4, -0.2) is 0 Å². The molecule has 0 radical (unpaired) electrons. The molecule has 2 heteroatoms. The van der Waals surface area contributed by atoms with Crippen LogP contribution in [-0.2, 0) is 0 Å². The largest absolute Gasteiger partial charge is 0.204 e. The number of hydrogen-bond acceptors (Lipinski definition) is 0. The van der Waals surface area contributed by atoms with E-state index in [2.05, 4.69) is 24.8 Å². The first-order valence-corrected chi connectivity index (χ1v) is 10.8. The second kappa shape index (κ2) is 8.59. The van der Waals surface area contributed by atoms with Crippen molar-refractivity contribution in [2.45, 2.75) is 57.3 Å². The zero-order valence-corrected chi connectivity index (χ0v) is 16.5. The Kier molecular flexibility index (Phi) is 5.94. The van der Waals surface area contributed by atoms with Gasteiger partial charge in [0.15, 0.2) is 11.6 Å². The summed E-state index contributed by atoms with van der Waals surface area (Å²) in [6.07, 6.45) is 12.8. The third-order valence-corrected chi connectivity index (χ3v) is 7.22. The van der Waals surface area contributed by atoms with Gasteiger partial charge in [-0.15, -0.1) is 6.58 Å². The summed E-state index contributed by atoms with van der Waals surface area (Å²) in [5.74, 6) is 1.63. The molecular formula is C26H30F2. The van der Waals surface area contributed by atoms with Crippen molar-refractivity contribution >= 4 is 0 Å². The van der Waals surface area contributed by atoms with E-state index in [4.69, 9.17) is 0 Å². The molecule has 0 spiro atoms. The van der Waals surface area contributed by atoms with Crippen molar-refractivity contribution in [2.75, 3.05) is 0 Å². The third kappa shape index (κ3) is 4.21. The molecule has 0 nitrogen and oxygen atoms in total. The predicted molar refractivity (Wildman–Crippen MR) is 112 cm³/mol. The van der Waals surface area contributed by atoms with Crippen LogP contribution in [0.25, 0.3) is 11.1 Å². The van der Waals surface area contributed by atoms with Crippen LogP contribution in [0, 0.1) is 29.4 Å². The molecule has 28 heavy (non-hydrogen) atoms. The fourth-order valence-electron chi connectivity index (χ4n) is 5.40. The standard InChI is InChI=1S/C26H30F2/c1-2-18-3-5-19(6-4-18)20-7-9-21(10-8-20)22-11-13-23(14-12-22)24-15-16-25(27)26(28)17-24/h2,11-21H,1,3-10H2/t18-,19-,20?,21?. The van der Waals surface area contributed by atoms with Crippen LogP contribution in [0.4, 0.5) is 8.78 Å². The highest BCUT2D eigenvalue weighted by molar-refractivity contribution is 5.63. The van der Waals surface area contributed by atoms with E-state index in [0.717, 1.165) is 28.9 Å². The second-order valence-electron chi connectivity index (χ2n) is 8.77. The maximum absolute atomic E-state index is 13.5. The Morgan fingerprint density at radius 2 is 1.25 bits per heavy atom. The highest BCUT2D eigenvalue weighted by Crippen LogP contribution is 2.44. The zero-order valence-electron chi connectivity index (χ0n) is 16.5. The van der Waals surface area contributed by atoms with Gasteiger partial charge in [0.05, 0.1) is 0 Å². The minimum Gasteiger partial charge on any atom is -0.204 e. The van der Waals surface area contributed by atoms with Crippen molar-refractivity contribution < 1.29 is 8.78 Å². The van der Waals surface area contributed by atoms with Crippen LogP contribution < -0.4 is 0 Å². The molecule has 0 aliphatic heterocycles. The summed E-state index contributed by atoms with van der Waals surface area (Å²) >= 11 is 0. The molecule has 0 unspecified atom stereocenters. The first-order chi connectivity index (χ1) is 13.6. The molecule has 2 saturated carbocycles. The van der Waals surface area contributed by atoms with Gasteiger partial charge in [0.25, 0.3) is 0 Å². The summed E-state index contributed by atoms with van der Waals surface area (Å²) < 4.78 is 26.6. The van der Waals surface area contributed by atoms with E-state index in [1.165, 1.54) is 69.1 Å². The Bertz CT molecular complexity index is 792. The van der Waals surface area contributed by atoms with Crippen molar-refractivity contribution in [3.8, 4) is 11.1 Å². The number of halogens is 2. The Labute approximate surface area is 167 Å². The van der Waals surface area contributed by atoms with Gasteiger partial charge in [-0.1, -0.05) is 36.4 Å². The van der Waals surface area contributed by atoms with Crippen molar-refractivity contribution in [3.63, 3.8) is 0 Å². The average molecular weight is 381 g/mol. The average Bonchev–Trinajstić information content (AvgIpc) is 2.76. The Morgan fingerprint density at radius 1 is 0.679 bits per heavy atom. The molecule has 2 aromatic rings. The molecule has 0 amide bonds. The lowest BCUT2D eigenvalue weighted by molar-refractivity contribution is 0.171. The maximum Gasteiger partial charge on any atom is 0.159 e. The van der Waals surface area contributed by atoms with Crippen LogP contribution in [0.3, 0.4) is 0 Å². The van der Waals surface area contributed by atoms with E-state index < -0.39 is 11.6 Å². The fraction of sp³-hybridized carbons (Fsp3) is 0.462. The monoisotopic (exact) mass is 380 g/mol. The van der Waals surface area contributed by atoms with Gasteiger partial charge in [-0.05, 0) is 104 Å². The van der Waals surface area contributed by atoms with Gasteiger partial charge in [0, 0.05) is 0 Å². The van der Waals surface area contributed by atoms with Gasteiger partial charge in [0.2, 0.25) is 0 Å². The molecular weight excluding hydrogens is 350 g/mol. The quantitative estimate of drug-likeness (QED) is 0.473. The number of rotatable bonds is 4. The van der Waals surface area contributed by atoms with Gasteiger partial charge < -0.3 is 0 Å². The SMILES string of the molecule is C=C[C@H]1CC[C@H](C2CCC(c3ccc(-c4ccc(F)c(F)c4)cc3)CC2)CC1. The van der Waals surface area contributed by atoms with E-state index in [9.17, 15) is 8.78 Å². The number of benzene rings is 2. The summed E-state index contributed by atoms with van der Waals surface area (Å²) in [5.41, 5.74) is 3.06. The zero-order chi connectivity index (χ0) is 19.5. The van der Waals surface area contributed by atoms with E-state index in [1.54, 1.807) is 6.07 Å². The summed E-state index contributed by atoms with van der Waals surface area (Å²) in [7, 11) is 0. The highest BCUT2D eigenvalue weighted by atomic mass is 19.2. The van der Waals surface area contributed by atoms with Gasteiger partial charge in [-0.25, -0.2) is 8.78 Å². The molecule has 2 aliphatic rings. The fourth-order valence-corrected chi connectivity index (χ4v) is 5.40. The van der Waals surface area contributed by atoms with Gasteiger partial charge in [0.1, 0.15) is 0 Å². The lowest BCUT2D eigenvalue weighted by Crippen LogP contribution is -2.25. The number of allylic oxidation sites excluding steroid dienone is 1. The maximum atomic E-state index is 13.5. The van der Waals surface area contributed by atoms with Gasteiger partial charge in [-0.3, -0.25) is 0 Å². The van der Waals surface area contributed by atoms with Crippen LogP contribution in [0.15, 0.2) is 55.1 Å². The van der Waals surface area contributed by atoms with Crippen LogP contribution >= 0.6 is 0 Å². The molecule has 0 atom stereocenters. The van der Waals surface area contributed by atoms with Gasteiger partial charge in [-0.2, -0.15) is 0 Å². The van der Waals surface area contributed by atoms with Crippen molar-refractivity contribution in [1.82, 2.24) is 0 Å². The third-order valence-electron chi connectivity index (χ3n) is 7.22. The molecule has 0 saturated heterocycles. The molecule has 0 N–H and O–H groups in total. The molecule has 2 aromatic carbocycles. The second-order valence-corrected chi connectivity index (χ2v) is 8.77. The molecule has 2 fully saturated rings. The van der Waals surface area contributed by atoms with E-state index in [-0.39, 0.29) is 0 Å². The topological polar surface area (TPSA) is 0 Å². The van der Waals surface area contributed by atoms with E-state index in [0.29, 0.717) is 5.92 Å². The summed E-state index contributed by atoms with van der Waals surface area (Å²) in [5, 5.41) is 0. The Hall–Kier alpha value is -1.96. The van der Waals surface area contributed by atoms with E-state index in [1.807, 2.05) is 12.1 Å². The van der Waals surface area contributed by atoms with Crippen LogP contribution in [0.1, 0.15) is 62.8 Å². The molecule has 0 heterocycles. The lowest BCUT2D eigenvalue weighted by atomic mass is 9.68. The van der Waals surface area contributed by atoms with Gasteiger partial charge >= 0.3 is 0 Å². The van der Waals surface area contributed by atoms with Crippen molar-refractivity contribution in [3.05, 3.63) is 72.3 Å². The van der Waals surface area contributed by atoms with Crippen molar-refractivity contribution in [1.29, 1.82) is 0 Å². The molecule has 0 aromatic heterocycles. The summed E-state index contributed by atoms with van der Waals surface area (Å²) in [4.78, 5) is 0. The first-order valence-electron chi connectivity index (χ1n) is 10.8. The predicted octanol–water partition coefficient (Wildman–Crippen LogP) is 7.90. The molecule has 0 bridgehead atoms. The minimum atomic E-state index is -0.796. The molecule has 148 valence electrons. The first kappa shape index (κ1) is 19.4. The number of hydrogen-bond donors (Lipinski definition) is 0. The summed E-state index contributed by atoms with van der Waals surface area (Å²) in [6.45, 7) is 3.96. The normalized spacial score (nSPS) is 28.1. The molecule has 2 aliphatic carbocycles.